The Labute approximate surface area is 162 Å². The molecule has 6 heteroatoms. The number of nitrogens with zero attached hydrogens (tertiary/aromatic N) is 1. The number of hydrogen-bond acceptors (Lipinski definition) is 5. The summed E-state index contributed by atoms with van der Waals surface area (Å²) in [7, 11) is 0. The van der Waals surface area contributed by atoms with E-state index in [1.807, 2.05) is 37.3 Å². The van der Waals surface area contributed by atoms with E-state index in [9.17, 15) is 9.59 Å². The molecule has 2 aromatic heterocycles. The molecule has 0 spiro atoms. The fourth-order valence-corrected chi connectivity index (χ4v) is 3.66. The van der Waals surface area contributed by atoms with Crippen LogP contribution in [0.3, 0.4) is 0 Å². The lowest BCUT2D eigenvalue weighted by atomic mass is 10.0. The van der Waals surface area contributed by atoms with E-state index < -0.39 is 6.10 Å². The highest BCUT2D eigenvalue weighted by Gasteiger charge is 2.22. The van der Waals surface area contributed by atoms with Gasteiger partial charge in [0.05, 0.1) is 12.2 Å². The van der Waals surface area contributed by atoms with Crippen LogP contribution in [0, 0.1) is 6.92 Å². The first-order chi connectivity index (χ1) is 13.5. The molecule has 1 amide bonds. The molecule has 1 aromatic carbocycles. The molecule has 0 radical (unpaired) electrons. The molecule has 1 N–H and O–H groups in total. The number of nitrogens with one attached hydrogen (secondary N) is 1. The SMILES string of the molecule is Cc1c(O[C@@H](C)C(=O)NCc2ccccn2)ccc2c3c(c(=O)oc12)CCC3. The summed E-state index contributed by atoms with van der Waals surface area (Å²) < 4.78 is 11.4. The second-order valence-electron chi connectivity index (χ2n) is 7.06. The Kier molecular flexibility index (Phi) is 4.86. The number of rotatable bonds is 5. The zero-order valence-corrected chi connectivity index (χ0v) is 16.0. The minimum atomic E-state index is -0.694. The van der Waals surface area contributed by atoms with E-state index in [1.165, 1.54) is 0 Å². The number of aromatic nitrogens is 1. The molecule has 144 valence electrons. The van der Waals surface area contributed by atoms with Crippen LogP contribution in [0.5, 0.6) is 5.75 Å². The fraction of sp³-hybridized carbons (Fsp3) is 0.318. The van der Waals surface area contributed by atoms with Crippen molar-refractivity contribution in [1.82, 2.24) is 10.3 Å². The molecule has 28 heavy (non-hydrogen) atoms. The molecular formula is C22H22N2O4. The van der Waals surface area contributed by atoms with Crippen LogP contribution >= 0.6 is 0 Å². The number of aryl methyl sites for hydroxylation is 2. The molecule has 3 aromatic rings. The Morgan fingerprint density at radius 3 is 2.86 bits per heavy atom. The van der Waals surface area contributed by atoms with Gasteiger partial charge in [0, 0.05) is 22.7 Å². The maximum Gasteiger partial charge on any atom is 0.339 e. The number of pyridine rings is 1. The lowest BCUT2D eigenvalue weighted by Gasteiger charge is -2.17. The lowest BCUT2D eigenvalue weighted by molar-refractivity contribution is -0.127. The van der Waals surface area contributed by atoms with Gasteiger partial charge in [0.1, 0.15) is 11.3 Å². The first-order valence-electron chi connectivity index (χ1n) is 9.47. The summed E-state index contributed by atoms with van der Waals surface area (Å²) >= 11 is 0. The number of carbonyl (C=O) groups is 1. The molecule has 1 aliphatic carbocycles. The van der Waals surface area contributed by atoms with Gasteiger partial charge in [-0.2, -0.15) is 0 Å². The second kappa shape index (κ2) is 7.46. The van der Waals surface area contributed by atoms with Crippen LogP contribution in [0.4, 0.5) is 0 Å². The van der Waals surface area contributed by atoms with Crippen molar-refractivity contribution in [2.75, 3.05) is 0 Å². The van der Waals surface area contributed by atoms with Crippen LogP contribution in [-0.2, 0) is 24.2 Å². The summed E-state index contributed by atoms with van der Waals surface area (Å²) in [4.78, 5) is 28.8. The molecular weight excluding hydrogens is 356 g/mol. The molecule has 0 fully saturated rings. The lowest BCUT2D eigenvalue weighted by Crippen LogP contribution is -2.36. The van der Waals surface area contributed by atoms with Crippen LogP contribution < -0.4 is 15.7 Å². The summed E-state index contributed by atoms with van der Waals surface area (Å²) in [5, 5.41) is 3.78. The fourth-order valence-electron chi connectivity index (χ4n) is 3.66. The van der Waals surface area contributed by atoms with Gasteiger partial charge < -0.3 is 14.5 Å². The first-order valence-corrected chi connectivity index (χ1v) is 9.47. The van der Waals surface area contributed by atoms with Crippen LogP contribution in [0.25, 0.3) is 11.0 Å². The highest BCUT2D eigenvalue weighted by atomic mass is 16.5. The molecule has 0 saturated heterocycles. The normalized spacial score (nSPS) is 13.9. The Balaban J connectivity index is 1.53. The molecule has 2 heterocycles. The van der Waals surface area contributed by atoms with Crippen LogP contribution in [0.15, 0.2) is 45.7 Å². The number of carbonyl (C=O) groups excluding carboxylic acids is 1. The zero-order valence-electron chi connectivity index (χ0n) is 16.0. The van der Waals surface area contributed by atoms with Crippen molar-refractivity contribution >= 4 is 16.9 Å². The third-order valence-corrected chi connectivity index (χ3v) is 5.18. The van der Waals surface area contributed by atoms with E-state index >= 15 is 0 Å². The van der Waals surface area contributed by atoms with Crippen molar-refractivity contribution < 1.29 is 13.9 Å². The number of benzene rings is 1. The van der Waals surface area contributed by atoms with Crippen molar-refractivity contribution in [2.45, 2.75) is 45.8 Å². The van der Waals surface area contributed by atoms with E-state index in [2.05, 4.69) is 10.3 Å². The third kappa shape index (κ3) is 3.38. The maximum atomic E-state index is 12.4. The van der Waals surface area contributed by atoms with Gasteiger partial charge in [-0.15, -0.1) is 0 Å². The van der Waals surface area contributed by atoms with E-state index in [-0.39, 0.29) is 11.5 Å². The highest BCUT2D eigenvalue weighted by molar-refractivity contribution is 5.86. The van der Waals surface area contributed by atoms with Gasteiger partial charge in [-0.25, -0.2) is 4.79 Å². The van der Waals surface area contributed by atoms with Crippen molar-refractivity contribution in [3.63, 3.8) is 0 Å². The van der Waals surface area contributed by atoms with E-state index in [0.717, 1.165) is 47.0 Å². The average Bonchev–Trinajstić information content (AvgIpc) is 3.20. The standard InChI is InChI=1S/C22H22N2O4/c1-13-19(27-14(2)21(25)24-12-15-6-3-4-11-23-15)10-9-17-16-7-5-8-18(16)22(26)28-20(13)17/h3-4,6,9-11,14H,5,7-8,12H2,1-2H3,(H,24,25)/t14-/m0/s1. The van der Waals surface area contributed by atoms with Crippen molar-refractivity contribution in [1.29, 1.82) is 0 Å². The quantitative estimate of drug-likeness (QED) is 0.690. The number of ether oxygens (including phenoxy) is 1. The van der Waals surface area contributed by atoms with Crippen molar-refractivity contribution in [3.8, 4) is 5.75 Å². The van der Waals surface area contributed by atoms with Crippen LogP contribution in [0.2, 0.25) is 0 Å². The van der Waals surface area contributed by atoms with Gasteiger partial charge in [-0.05, 0) is 62.9 Å². The Morgan fingerprint density at radius 2 is 2.07 bits per heavy atom. The monoisotopic (exact) mass is 378 g/mol. The average molecular weight is 378 g/mol. The van der Waals surface area contributed by atoms with Crippen LogP contribution in [0.1, 0.15) is 35.7 Å². The van der Waals surface area contributed by atoms with Gasteiger partial charge in [-0.3, -0.25) is 9.78 Å². The maximum absolute atomic E-state index is 12.4. The Bertz CT molecular complexity index is 1090. The summed E-state index contributed by atoms with van der Waals surface area (Å²) in [6.45, 7) is 3.88. The smallest absolute Gasteiger partial charge is 0.339 e. The Hall–Kier alpha value is -3.15. The predicted molar refractivity (Wildman–Crippen MR) is 105 cm³/mol. The topological polar surface area (TPSA) is 81.4 Å². The Morgan fingerprint density at radius 1 is 1.25 bits per heavy atom. The van der Waals surface area contributed by atoms with Gasteiger partial charge in [0.15, 0.2) is 6.10 Å². The predicted octanol–water partition coefficient (Wildman–Crippen LogP) is 3.07. The highest BCUT2D eigenvalue weighted by Crippen LogP contribution is 2.33. The molecule has 4 rings (SSSR count). The van der Waals surface area contributed by atoms with E-state index in [4.69, 9.17) is 9.15 Å². The van der Waals surface area contributed by atoms with E-state index in [1.54, 1.807) is 13.1 Å². The van der Waals surface area contributed by atoms with Crippen molar-refractivity contribution in [2.24, 2.45) is 0 Å². The summed E-state index contributed by atoms with van der Waals surface area (Å²) in [6, 6.07) is 9.31. The van der Waals surface area contributed by atoms with Gasteiger partial charge in [0.2, 0.25) is 0 Å². The van der Waals surface area contributed by atoms with Gasteiger partial charge >= 0.3 is 5.63 Å². The minimum Gasteiger partial charge on any atom is -0.480 e. The third-order valence-electron chi connectivity index (χ3n) is 5.18. The van der Waals surface area contributed by atoms with Crippen LogP contribution in [-0.4, -0.2) is 17.0 Å². The minimum absolute atomic E-state index is 0.236. The number of amides is 1. The molecule has 6 nitrogen and oxygen atoms in total. The summed E-state index contributed by atoms with van der Waals surface area (Å²) in [5.74, 6) is 0.301. The van der Waals surface area contributed by atoms with Crippen molar-refractivity contribution in [3.05, 3.63) is 69.3 Å². The molecule has 1 atom stereocenters. The van der Waals surface area contributed by atoms with E-state index in [0.29, 0.717) is 17.9 Å². The molecule has 1 aliphatic rings. The number of fused-ring (bicyclic) bond motifs is 3. The zero-order chi connectivity index (χ0) is 19.7. The molecule has 0 unspecified atom stereocenters. The van der Waals surface area contributed by atoms with Gasteiger partial charge in [0.25, 0.3) is 5.91 Å². The molecule has 0 saturated carbocycles. The van der Waals surface area contributed by atoms with Gasteiger partial charge in [-0.1, -0.05) is 6.07 Å². The second-order valence-corrected chi connectivity index (χ2v) is 7.06. The molecule has 0 aliphatic heterocycles. The number of hydrogen-bond donors (Lipinski definition) is 1. The summed E-state index contributed by atoms with van der Waals surface area (Å²) in [5.41, 5.74) is 3.67. The molecule has 0 bridgehead atoms. The largest absolute Gasteiger partial charge is 0.480 e. The summed E-state index contributed by atoms with van der Waals surface area (Å²) in [6.07, 6.45) is 3.64. The first kappa shape index (κ1) is 18.2.